The zero-order valence-corrected chi connectivity index (χ0v) is 14.8. The van der Waals surface area contributed by atoms with Crippen LogP contribution in [0.3, 0.4) is 0 Å². The van der Waals surface area contributed by atoms with Gasteiger partial charge < -0.3 is 9.73 Å². The van der Waals surface area contributed by atoms with Crippen LogP contribution in [-0.4, -0.2) is 22.2 Å². The van der Waals surface area contributed by atoms with E-state index >= 15 is 0 Å². The van der Waals surface area contributed by atoms with Crippen molar-refractivity contribution in [3.63, 3.8) is 0 Å². The molecule has 0 saturated carbocycles. The molecule has 134 valence electrons. The summed E-state index contributed by atoms with van der Waals surface area (Å²) in [5.74, 6) is 0.277. The maximum atomic E-state index is 12.7. The van der Waals surface area contributed by atoms with Crippen molar-refractivity contribution < 1.29 is 9.21 Å². The first-order valence-electron chi connectivity index (χ1n) is 8.45. The van der Waals surface area contributed by atoms with Gasteiger partial charge in [0, 0.05) is 12.6 Å². The van der Waals surface area contributed by atoms with E-state index in [9.17, 15) is 9.59 Å². The lowest BCUT2D eigenvalue weighted by atomic mass is 10.0. The Hall–Kier alpha value is -3.15. The Labute approximate surface area is 151 Å². The van der Waals surface area contributed by atoms with E-state index in [4.69, 9.17) is 4.42 Å². The lowest BCUT2D eigenvalue weighted by Crippen LogP contribution is -2.50. The molecule has 0 saturated heterocycles. The summed E-state index contributed by atoms with van der Waals surface area (Å²) in [7, 11) is 0. The zero-order chi connectivity index (χ0) is 18.6. The van der Waals surface area contributed by atoms with Gasteiger partial charge in [0.05, 0.1) is 6.26 Å². The van der Waals surface area contributed by atoms with E-state index in [-0.39, 0.29) is 11.5 Å². The molecule has 2 aromatic heterocycles. The summed E-state index contributed by atoms with van der Waals surface area (Å²) in [4.78, 5) is 24.9. The van der Waals surface area contributed by atoms with Gasteiger partial charge >= 0.3 is 0 Å². The number of carbonyl (C=O) groups is 1. The quantitative estimate of drug-likeness (QED) is 0.740. The van der Waals surface area contributed by atoms with Gasteiger partial charge in [-0.05, 0) is 44.0 Å². The molecule has 6 nitrogen and oxygen atoms in total. The van der Waals surface area contributed by atoms with Crippen LogP contribution in [0.5, 0.6) is 0 Å². The molecular weight excluding hydrogens is 330 g/mol. The van der Waals surface area contributed by atoms with Crippen LogP contribution in [0.15, 0.2) is 70.1 Å². The third kappa shape index (κ3) is 3.74. The molecule has 26 heavy (non-hydrogen) atoms. The summed E-state index contributed by atoms with van der Waals surface area (Å²) in [6.07, 6.45) is 2.26. The van der Waals surface area contributed by atoms with Gasteiger partial charge in [0.2, 0.25) is 5.91 Å². The average Bonchev–Trinajstić information content (AvgIpc) is 3.17. The summed E-state index contributed by atoms with van der Waals surface area (Å²) >= 11 is 0. The van der Waals surface area contributed by atoms with Crippen LogP contribution >= 0.6 is 0 Å². The van der Waals surface area contributed by atoms with Crippen molar-refractivity contribution in [1.82, 2.24) is 15.1 Å². The minimum atomic E-state index is -1.13. The van der Waals surface area contributed by atoms with E-state index in [0.29, 0.717) is 18.0 Å². The first-order chi connectivity index (χ1) is 12.5. The summed E-state index contributed by atoms with van der Waals surface area (Å²) in [5, 5.41) is 7.21. The van der Waals surface area contributed by atoms with Crippen LogP contribution in [0.25, 0.3) is 11.5 Å². The van der Waals surface area contributed by atoms with Crippen LogP contribution in [0, 0.1) is 0 Å². The van der Waals surface area contributed by atoms with E-state index < -0.39 is 5.54 Å². The lowest BCUT2D eigenvalue weighted by Gasteiger charge is -2.25. The largest absolute Gasteiger partial charge is 0.463 e. The van der Waals surface area contributed by atoms with Gasteiger partial charge in [-0.15, -0.1) is 0 Å². The SMILES string of the molecule is CC(C)(C(=O)NCCc1ccccc1)n1nc(-c2ccco2)ccc1=O. The molecule has 1 N–H and O–H groups in total. The third-order valence-electron chi connectivity index (χ3n) is 4.20. The molecule has 0 aliphatic carbocycles. The minimum Gasteiger partial charge on any atom is -0.463 e. The maximum Gasteiger partial charge on any atom is 0.267 e. The highest BCUT2D eigenvalue weighted by Crippen LogP contribution is 2.18. The molecule has 0 bridgehead atoms. The fourth-order valence-corrected chi connectivity index (χ4v) is 2.64. The van der Waals surface area contributed by atoms with Crippen molar-refractivity contribution >= 4 is 5.91 Å². The van der Waals surface area contributed by atoms with E-state index in [1.165, 1.54) is 17.0 Å². The normalized spacial score (nSPS) is 11.3. The van der Waals surface area contributed by atoms with Gasteiger partial charge in [-0.1, -0.05) is 30.3 Å². The van der Waals surface area contributed by atoms with Crippen LogP contribution in [-0.2, 0) is 16.8 Å². The molecule has 6 heteroatoms. The highest BCUT2D eigenvalue weighted by atomic mass is 16.3. The molecule has 0 aliphatic rings. The van der Waals surface area contributed by atoms with Crippen molar-refractivity contribution in [3.05, 3.63) is 76.8 Å². The Morgan fingerprint density at radius 3 is 2.58 bits per heavy atom. The Morgan fingerprint density at radius 1 is 1.12 bits per heavy atom. The molecule has 0 unspecified atom stereocenters. The molecule has 3 rings (SSSR count). The van der Waals surface area contributed by atoms with Crippen LogP contribution in [0.4, 0.5) is 0 Å². The fraction of sp³-hybridized carbons (Fsp3) is 0.250. The smallest absolute Gasteiger partial charge is 0.267 e. The zero-order valence-electron chi connectivity index (χ0n) is 14.8. The first-order valence-corrected chi connectivity index (χ1v) is 8.45. The number of nitrogens with one attached hydrogen (secondary N) is 1. The number of benzene rings is 1. The van der Waals surface area contributed by atoms with Gasteiger partial charge in [0.15, 0.2) is 5.76 Å². The predicted octanol–water partition coefficient (Wildman–Crippen LogP) is 2.60. The first kappa shape index (κ1) is 17.7. The highest BCUT2D eigenvalue weighted by Gasteiger charge is 2.32. The van der Waals surface area contributed by atoms with E-state index in [1.807, 2.05) is 30.3 Å². The molecule has 0 aliphatic heterocycles. The van der Waals surface area contributed by atoms with Crippen molar-refractivity contribution in [1.29, 1.82) is 0 Å². The highest BCUT2D eigenvalue weighted by molar-refractivity contribution is 5.83. The number of hydrogen-bond acceptors (Lipinski definition) is 4. The topological polar surface area (TPSA) is 77.1 Å². The number of aromatic nitrogens is 2. The molecule has 0 radical (unpaired) electrons. The Morgan fingerprint density at radius 2 is 1.88 bits per heavy atom. The van der Waals surface area contributed by atoms with Crippen molar-refractivity contribution in [2.45, 2.75) is 25.8 Å². The van der Waals surface area contributed by atoms with E-state index in [2.05, 4.69) is 10.4 Å². The molecule has 1 aromatic carbocycles. The number of nitrogens with zero attached hydrogens (tertiary/aromatic N) is 2. The van der Waals surface area contributed by atoms with E-state index in [1.54, 1.807) is 32.0 Å². The summed E-state index contributed by atoms with van der Waals surface area (Å²) in [6.45, 7) is 3.83. The van der Waals surface area contributed by atoms with E-state index in [0.717, 1.165) is 12.0 Å². The maximum absolute atomic E-state index is 12.7. The Balaban J connectivity index is 1.75. The third-order valence-corrected chi connectivity index (χ3v) is 4.20. The van der Waals surface area contributed by atoms with Crippen LogP contribution < -0.4 is 10.9 Å². The molecule has 3 aromatic rings. The van der Waals surface area contributed by atoms with Crippen LogP contribution in [0.2, 0.25) is 0 Å². The Bertz CT molecular complexity index is 928. The minimum absolute atomic E-state index is 0.264. The predicted molar refractivity (Wildman–Crippen MR) is 98.7 cm³/mol. The number of furan rings is 1. The average molecular weight is 351 g/mol. The van der Waals surface area contributed by atoms with Gasteiger partial charge in [0.25, 0.3) is 5.56 Å². The molecule has 0 spiro atoms. The second-order valence-electron chi connectivity index (χ2n) is 6.50. The second-order valence-corrected chi connectivity index (χ2v) is 6.50. The van der Waals surface area contributed by atoms with Crippen molar-refractivity contribution in [2.24, 2.45) is 0 Å². The summed E-state index contributed by atoms with van der Waals surface area (Å²) in [5.41, 5.74) is 0.167. The van der Waals surface area contributed by atoms with Crippen molar-refractivity contribution in [3.8, 4) is 11.5 Å². The molecule has 1 amide bonds. The Kier molecular flexibility index (Phi) is 5.02. The number of hydrogen-bond donors (Lipinski definition) is 1. The monoisotopic (exact) mass is 351 g/mol. The van der Waals surface area contributed by atoms with Crippen molar-refractivity contribution in [2.75, 3.05) is 6.54 Å². The molecule has 0 fully saturated rings. The molecule has 2 heterocycles. The lowest BCUT2D eigenvalue weighted by molar-refractivity contribution is -0.128. The van der Waals surface area contributed by atoms with Gasteiger partial charge in [-0.2, -0.15) is 5.10 Å². The molecular formula is C20H21N3O3. The van der Waals surface area contributed by atoms with Gasteiger partial charge in [-0.25, -0.2) is 4.68 Å². The summed E-state index contributed by atoms with van der Waals surface area (Å²) in [6, 6.07) is 16.4. The fourth-order valence-electron chi connectivity index (χ4n) is 2.64. The number of rotatable bonds is 6. The summed E-state index contributed by atoms with van der Waals surface area (Å²) < 4.78 is 6.52. The number of amides is 1. The number of carbonyl (C=O) groups excluding carboxylic acids is 1. The van der Waals surface area contributed by atoms with Gasteiger partial charge in [0.1, 0.15) is 11.2 Å². The standard InChI is InChI=1S/C20H21N3O3/c1-20(2,19(25)21-13-12-15-7-4-3-5-8-15)23-18(24)11-10-16(22-23)17-9-6-14-26-17/h3-11,14H,12-13H2,1-2H3,(H,21,25). The van der Waals surface area contributed by atoms with Crippen LogP contribution in [0.1, 0.15) is 19.4 Å². The second kappa shape index (κ2) is 7.39. The van der Waals surface area contributed by atoms with Gasteiger partial charge in [-0.3, -0.25) is 9.59 Å². The molecule has 0 atom stereocenters.